The number of carbonyl (C=O) groups excluding carboxylic acids is 1. The molecule has 0 radical (unpaired) electrons. The number of allylic oxidation sites excluding steroid dienone is 1. The number of para-hydroxylation sites is 1. The molecule has 0 unspecified atom stereocenters. The molecule has 4 rings (SSSR count). The highest BCUT2D eigenvalue weighted by Crippen LogP contribution is 2.40. The van der Waals surface area contributed by atoms with Crippen molar-refractivity contribution in [3.8, 4) is 28.6 Å². The Morgan fingerprint density at radius 1 is 0.886 bits per heavy atom. The zero-order chi connectivity index (χ0) is 31.9. The number of carbonyl (C=O) groups is 2. The quantitative estimate of drug-likeness (QED) is 0.150. The highest BCUT2D eigenvalue weighted by Gasteiger charge is 2.23. The first-order valence-corrected chi connectivity index (χ1v) is 13.7. The molecule has 0 fully saturated rings. The van der Waals surface area contributed by atoms with Crippen LogP contribution in [0.25, 0.3) is 11.4 Å². The zero-order valence-electron chi connectivity index (χ0n) is 25.1. The van der Waals surface area contributed by atoms with Crippen LogP contribution in [0.3, 0.4) is 0 Å². The van der Waals surface area contributed by atoms with Crippen LogP contribution in [-0.4, -0.2) is 65.0 Å². The summed E-state index contributed by atoms with van der Waals surface area (Å²) >= 11 is 0. The van der Waals surface area contributed by atoms with Crippen molar-refractivity contribution >= 4 is 23.6 Å². The van der Waals surface area contributed by atoms with E-state index < -0.39 is 6.16 Å². The molecule has 11 nitrogen and oxygen atoms in total. The maximum absolute atomic E-state index is 14.0. The van der Waals surface area contributed by atoms with Gasteiger partial charge in [0.05, 0.1) is 21.3 Å². The highest BCUT2D eigenvalue weighted by molar-refractivity contribution is 5.99. The van der Waals surface area contributed by atoms with E-state index in [1.165, 1.54) is 0 Å². The molecule has 1 amide bonds. The smallest absolute Gasteiger partial charge is 0.493 e. The van der Waals surface area contributed by atoms with Crippen molar-refractivity contribution in [1.29, 1.82) is 0 Å². The first kappa shape index (κ1) is 32.9. The molecule has 3 N–H and O–H groups in total. The third kappa shape index (κ3) is 9.21. The van der Waals surface area contributed by atoms with E-state index >= 15 is 0 Å². The fourth-order valence-electron chi connectivity index (χ4n) is 4.20. The summed E-state index contributed by atoms with van der Waals surface area (Å²) in [6.07, 6.45) is 4.69. The lowest BCUT2D eigenvalue weighted by atomic mass is 10.1. The Kier molecular flexibility index (Phi) is 12.5. The van der Waals surface area contributed by atoms with Gasteiger partial charge in [-0.2, -0.15) is 0 Å². The van der Waals surface area contributed by atoms with Gasteiger partial charge in [0, 0.05) is 30.5 Å². The summed E-state index contributed by atoms with van der Waals surface area (Å²) in [6, 6.07) is 23.1. The summed E-state index contributed by atoms with van der Waals surface area (Å²) < 4.78 is 16.5. The van der Waals surface area contributed by atoms with Gasteiger partial charge in [0.25, 0.3) is 5.91 Å². The average Bonchev–Trinajstić information content (AvgIpc) is 3.04. The first-order chi connectivity index (χ1) is 21.3. The molecule has 0 aliphatic rings. The van der Waals surface area contributed by atoms with E-state index in [4.69, 9.17) is 34.2 Å². The summed E-state index contributed by atoms with van der Waals surface area (Å²) in [5.41, 5.74) is 2.84. The minimum atomic E-state index is -1.83. The van der Waals surface area contributed by atoms with E-state index in [0.29, 0.717) is 53.1 Å². The average molecular weight is 601 g/mol. The van der Waals surface area contributed by atoms with Gasteiger partial charge >= 0.3 is 6.16 Å². The van der Waals surface area contributed by atoms with Crippen LogP contribution in [0, 0.1) is 0 Å². The number of nitrogens with one attached hydrogen (secondary N) is 1. The molecule has 0 saturated heterocycles. The largest absolute Gasteiger partial charge is 0.503 e. The molecule has 1 aromatic heterocycles. The molecule has 1 heterocycles. The van der Waals surface area contributed by atoms with Gasteiger partial charge in [0.2, 0.25) is 5.75 Å². The number of aromatic nitrogens is 2. The van der Waals surface area contributed by atoms with Gasteiger partial charge in [0.15, 0.2) is 17.3 Å². The molecule has 0 bridgehead atoms. The standard InChI is InChI=1S/C32H34N4O4.CH2O3/c1-5-6-13-18-36(22-23-14-9-7-10-15-23)32(37)26-21-33-30(35-31(26)34-25-16-11-8-12-17-25)24-19-27(38-2)29(40-4)28(20-24)39-3;2-1(3)4/h6-17,19-21H,5,18,22H2,1-4H3,(H,33,34,35);(H2,2,3,4)/b13-6+;. The molecule has 44 heavy (non-hydrogen) atoms. The molecular formula is C33H36N4O7. The van der Waals surface area contributed by atoms with Crippen LogP contribution in [0.15, 0.2) is 91.1 Å². The van der Waals surface area contributed by atoms with Crippen molar-refractivity contribution in [2.75, 3.05) is 33.2 Å². The number of ether oxygens (including phenoxy) is 3. The van der Waals surface area contributed by atoms with Crippen molar-refractivity contribution in [3.05, 3.63) is 102 Å². The Morgan fingerprint density at radius 2 is 1.48 bits per heavy atom. The summed E-state index contributed by atoms with van der Waals surface area (Å²) in [5, 5.41) is 17.3. The molecular weight excluding hydrogens is 564 g/mol. The Labute approximate surface area is 256 Å². The second kappa shape index (κ2) is 16.8. The molecule has 0 aliphatic carbocycles. The van der Waals surface area contributed by atoms with Crippen LogP contribution in [0.2, 0.25) is 0 Å². The van der Waals surface area contributed by atoms with Crippen molar-refractivity contribution in [2.24, 2.45) is 0 Å². The molecule has 4 aromatic rings. The van der Waals surface area contributed by atoms with Gasteiger partial charge in [-0.1, -0.05) is 67.6 Å². The fraction of sp³-hybridized carbons (Fsp3) is 0.212. The fourth-order valence-corrected chi connectivity index (χ4v) is 4.20. The summed E-state index contributed by atoms with van der Waals surface area (Å²) in [4.78, 5) is 33.8. The number of carboxylic acid groups (broad SMARTS) is 2. The van der Waals surface area contributed by atoms with Crippen LogP contribution in [0.5, 0.6) is 17.2 Å². The summed E-state index contributed by atoms with van der Waals surface area (Å²) in [7, 11) is 4.66. The lowest BCUT2D eigenvalue weighted by Crippen LogP contribution is -2.31. The van der Waals surface area contributed by atoms with Gasteiger partial charge < -0.3 is 34.6 Å². The number of hydrogen-bond donors (Lipinski definition) is 3. The number of amides is 1. The van der Waals surface area contributed by atoms with E-state index in [9.17, 15) is 4.79 Å². The van der Waals surface area contributed by atoms with Gasteiger partial charge in [-0.3, -0.25) is 4.79 Å². The predicted molar refractivity (Wildman–Crippen MR) is 168 cm³/mol. The number of hydrogen-bond acceptors (Lipinski definition) is 8. The lowest BCUT2D eigenvalue weighted by molar-refractivity contribution is 0.0762. The molecule has 0 aliphatic heterocycles. The number of methoxy groups -OCH3 is 3. The van der Waals surface area contributed by atoms with Gasteiger partial charge in [-0.25, -0.2) is 14.8 Å². The highest BCUT2D eigenvalue weighted by atomic mass is 16.6. The number of anilines is 2. The van der Waals surface area contributed by atoms with Crippen molar-refractivity contribution in [1.82, 2.24) is 14.9 Å². The maximum Gasteiger partial charge on any atom is 0.503 e. The first-order valence-electron chi connectivity index (χ1n) is 13.7. The summed E-state index contributed by atoms with van der Waals surface area (Å²) in [6.45, 7) is 2.98. The molecule has 0 atom stereocenters. The van der Waals surface area contributed by atoms with Gasteiger partial charge in [-0.05, 0) is 36.2 Å². The summed E-state index contributed by atoms with van der Waals surface area (Å²) in [5.74, 6) is 2.05. The topological polar surface area (TPSA) is 143 Å². The van der Waals surface area contributed by atoms with Crippen LogP contribution in [-0.2, 0) is 6.54 Å². The Hall–Kier alpha value is -5.58. The third-order valence-corrected chi connectivity index (χ3v) is 6.21. The van der Waals surface area contributed by atoms with Crippen LogP contribution in [0.4, 0.5) is 16.3 Å². The predicted octanol–water partition coefficient (Wildman–Crippen LogP) is 6.74. The van der Waals surface area contributed by atoms with E-state index in [2.05, 4.69) is 23.3 Å². The molecule has 11 heteroatoms. The van der Waals surface area contributed by atoms with E-state index in [1.807, 2.05) is 66.7 Å². The minimum absolute atomic E-state index is 0.181. The van der Waals surface area contributed by atoms with E-state index in [0.717, 1.165) is 17.7 Å². The van der Waals surface area contributed by atoms with Gasteiger partial charge in [-0.15, -0.1) is 0 Å². The van der Waals surface area contributed by atoms with E-state index in [1.54, 1.807) is 44.6 Å². The SMILES string of the molecule is CC/C=C/CN(Cc1ccccc1)C(=O)c1cnc(-c2cc(OC)c(OC)c(OC)c2)nc1Nc1ccccc1.O=C(O)O. The van der Waals surface area contributed by atoms with Crippen LogP contribution < -0.4 is 19.5 Å². The van der Waals surface area contributed by atoms with Gasteiger partial charge in [0.1, 0.15) is 11.4 Å². The Bertz CT molecular complexity index is 1520. The maximum atomic E-state index is 14.0. The van der Waals surface area contributed by atoms with Crippen molar-refractivity contribution < 1.29 is 34.0 Å². The zero-order valence-corrected chi connectivity index (χ0v) is 25.1. The monoisotopic (exact) mass is 600 g/mol. The Morgan fingerprint density at radius 3 is 2.02 bits per heavy atom. The number of benzene rings is 3. The second-order valence-corrected chi connectivity index (χ2v) is 9.19. The second-order valence-electron chi connectivity index (χ2n) is 9.19. The molecule has 0 spiro atoms. The lowest BCUT2D eigenvalue weighted by Gasteiger charge is -2.23. The van der Waals surface area contributed by atoms with Crippen LogP contribution >= 0.6 is 0 Å². The molecule has 3 aromatic carbocycles. The van der Waals surface area contributed by atoms with Crippen molar-refractivity contribution in [3.63, 3.8) is 0 Å². The Balaban J connectivity index is 0.00000124. The van der Waals surface area contributed by atoms with Crippen molar-refractivity contribution in [2.45, 2.75) is 19.9 Å². The van der Waals surface area contributed by atoms with E-state index in [-0.39, 0.29) is 5.91 Å². The molecule has 230 valence electrons. The third-order valence-electron chi connectivity index (χ3n) is 6.21. The number of nitrogens with zero attached hydrogens (tertiary/aromatic N) is 3. The minimum Gasteiger partial charge on any atom is -0.493 e. The normalized spacial score (nSPS) is 10.4. The molecule has 0 saturated carbocycles. The number of rotatable bonds is 12. The van der Waals surface area contributed by atoms with Crippen LogP contribution in [0.1, 0.15) is 29.3 Å².